The zero-order chi connectivity index (χ0) is 15.8. The minimum absolute atomic E-state index is 0.407. The third kappa shape index (κ3) is 10.4. The molecule has 21 heavy (non-hydrogen) atoms. The van der Waals surface area contributed by atoms with E-state index in [1.165, 1.54) is 0 Å². The van der Waals surface area contributed by atoms with Crippen molar-refractivity contribution in [3.8, 4) is 0 Å². The standard InChI is InChI=1S/C16H28O4Si/c1-5-9-13-17-21(18-14-10-6-2,19-15-11-7-3)20-16-12-8-4/h5-12H,13-16H2,1-4H3. The highest BCUT2D eigenvalue weighted by Crippen LogP contribution is 2.13. The smallest absolute Gasteiger partial charge is 0.347 e. The molecule has 4 nitrogen and oxygen atoms in total. The van der Waals surface area contributed by atoms with E-state index < -0.39 is 9.05 Å². The second kappa shape index (κ2) is 14.0. The van der Waals surface area contributed by atoms with Crippen molar-refractivity contribution in [1.82, 2.24) is 0 Å². The fourth-order valence-electron chi connectivity index (χ4n) is 1.24. The maximum Gasteiger partial charge on any atom is 0.680 e. The zero-order valence-corrected chi connectivity index (χ0v) is 14.6. The van der Waals surface area contributed by atoms with Crippen molar-refractivity contribution in [3.63, 3.8) is 0 Å². The van der Waals surface area contributed by atoms with Gasteiger partial charge in [0.2, 0.25) is 0 Å². The summed E-state index contributed by atoms with van der Waals surface area (Å²) in [5.74, 6) is 0. The van der Waals surface area contributed by atoms with Gasteiger partial charge < -0.3 is 17.7 Å². The summed E-state index contributed by atoms with van der Waals surface area (Å²) in [6, 6.07) is 0. The fourth-order valence-corrected chi connectivity index (χ4v) is 2.94. The van der Waals surface area contributed by atoms with Crippen molar-refractivity contribution >= 4 is 9.05 Å². The molecule has 5 heteroatoms. The molecule has 0 amide bonds. The van der Waals surface area contributed by atoms with E-state index in [0.717, 1.165) is 0 Å². The average molecular weight is 312 g/mol. The van der Waals surface area contributed by atoms with Crippen LogP contribution in [-0.2, 0) is 17.7 Å². The Hall–Kier alpha value is -0.983. The molecule has 0 fully saturated rings. The van der Waals surface area contributed by atoms with E-state index in [9.17, 15) is 0 Å². The lowest BCUT2D eigenvalue weighted by molar-refractivity contribution is -0.0119. The topological polar surface area (TPSA) is 36.9 Å². The van der Waals surface area contributed by atoms with Crippen molar-refractivity contribution in [3.05, 3.63) is 48.6 Å². The van der Waals surface area contributed by atoms with Crippen molar-refractivity contribution < 1.29 is 17.7 Å². The van der Waals surface area contributed by atoms with Crippen LogP contribution in [0, 0.1) is 0 Å². The van der Waals surface area contributed by atoms with Gasteiger partial charge in [0, 0.05) is 0 Å². The average Bonchev–Trinajstić information content (AvgIpc) is 2.48. The number of hydrogen-bond acceptors (Lipinski definition) is 4. The summed E-state index contributed by atoms with van der Waals surface area (Å²) in [7, 11) is -3.15. The lowest BCUT2D eigenvalue weighted by Gasteiger charge is -2.26. The predicted octanol–water partition coefficient (Wildman–Crippen LogP) is 3.79. The second-order valence-corrected chi connectivity index (χ2v) is 6.17. The maximum absolute atomic E-state index is 5.79. The van der Waals surface area contributed by atoms with Gasteiger partial charge in [-0.1, -0.05) is 48.6 Å². The molecule has 0 aromatic rings. The number of allylic oxidation sites excluding steroid dienone is 4. The molecule has 0 unspecified atom stereocenters. The number of rotatable bonds is 12. The molecule has 0 aromatic carbocycles. The highest BCUT2D eigenvalue weighted by molar-refractivity contribution is 6.53. The highest BCUT2D eigenvalue weighted by Gasteiger charge is 2.45. The van der Waals surface area contributed by atoms with Crippen LogP contribution in [0.15, 0.2) is 48.6 Å². The summed E-state index contributed by atoms with van der Waals surface area (Å²) in [4.78, 5) is 0. The molecular weight excluding hydrogens is 284 g/mol. The first-order valence-corrected chi connectivity index (χ1v) is 8.88. The van der Waals surface area contributed by atoms with E-state index in [2.05, 4.69) is 0 Å². The summed E-state index contributed by atoms with van der Waals surface area (Å²) in [6.07, 6.45) is 15.3. The van der Waals surface area contributed by atoms with Crippen LogP contribution in [-0.4, -0.2) is 35.5 Å². The SMILES string of the molecule is CC=CCO[Si](OCC=CC)(OCC=CC)OCC=CC. The Bertz CT molecular complexity index is 279. The van der Waals surface area contributed by atoms with Crippen LogP contribution < -0.4 is 0 Å². The fraction of sp³-hybridized carbons (Fsp3) is 0.500. The molecule has 0 aliphatic carbocycles. The molecule has 120 valence electrons. The third-order valence-corrected chi connectivity index (χ3v) is 4.45. The Balaban J connectivity index is 4.83. The van der Waals surface area contributed by atoms with Crippen LogP contribution in [0.25, 0.3) is 0 Å². The van der Waals surface area contributed by atoms with Gasteiger partial charge in [-0.3, -0.25) is 0 Å². The summed E-state index contributed by atoms with van der Waals surface area (Å²) in [6.45, 7) is 9.38. The van der Waals surface area contributed by atoms with E-state index in [1.807, 2.05) is 76.3 Å². The van der Waals surface area contributed by atoms with E-state index >= 15 is 0 Å². The van der Waals surface area contributed by atoms with Gasteiger partial charge >= 0.3 is 9.05 Å². The molecule has 0 heterocycles. The number of hydrogen-bond donors (Lipinski definition) is 0. The molecule has 0 spiro atoms. The molecule has 0 rings (SSSR count). The molecule has 0 saturated carbocycles. The Kier molecular flexibility index (Phi) is 13.3. The van der Waals surface area contributed by atoms with Gasteiger partial charge in [-0.05, 0) is 27.7 Å². The van der Waals surface area contributed by atoms with E-state index in [0.29, 0.717) is 26.4 Å². The van der Waals surface area contributed by atoms with Crippen LogP contribution >= 0.6 is 0 Å². The summed E-state index contributed by atoms with van der Waals surface area (Å²) in [5.41, 5.74) is 0. The highest BCUT2D eigenvalue weighted by atomic mass is 28.4. The normalized spacial score (nSPS) is 15.8. The second-order valence-electron chi connectivity index (χ2n) is 4.02. The minimum atomic E-state index is -3.15. The van der Waals surface area contributed by atoms with Crippen molar-refractivity contribution in [2.45, 2.75) is 27.7 Å². The van der Waals surface area contributed by atoms with Crippen molar-refractivity contribution in [2.24, 2.45) is 0 Å². The summed E-state index contributed by atoms with van der Waals surface area (Å²) in [5, 5.41) is 0. The van der Waals surface area contributed by atoms with E-state index in [1.54, 1.807) is 0 Å². The van der Waals surface area contributed by atoms with Crippen LogP contribution in [0.4, 0.5) is 0 Å². The van der Waals surface area contributed by atoms with Crippen molar-refractivity contribution in [2.75, 3.05) is 26.4 Å². The van der Waals surface area contributed by atoms with Gasteiger partial charge in [-0.15, -0.1) is 0 Å². The first kappa shape index (κ1) is 20.0. The molecule has 0 radical (unpaired) electrons. The van der Waals surface area contributed by atoms with Gasteiger partial charge in [0.05, 0.1) is 26.4 Å². The van der Waals surface area contributed by atoms with E-state index in [-0.39, 0.29) is 0 Å². The van der Waals surface area contributed by atoms with Crippen LogP contribution in [0.1, 0.15) is 27.7 Å². The van der Waals surface area contributed by atoms with Crippen LogP contribution in [0.3, 0.4) is 0 Å². The molecule has 0 saturated heterocycles. The molecule has 0 bridgehead atoms. The molecule has 0 N–H and O–H groups in total. The van der Waals surface area contributed by atoms with Gasteiger partial charge in [0.15, 0.2) is 0 Å². The monoisotopic (exact) mass is 312 g/mol. The quantitative estimate of drug-likeness (QED) is 0.406. The molecular formula is C16H28O4Si. The Morgan fingerprint density at radius 1 is 0.524 bits per heavy atom. The predicted molar refractivity (Wildman–Crippen MR) is 88.8 cm³/mol. The van der Waals surface area contributed by atoms with Gasteiger partial charge in [0.25, 0.3) is 0 Å². The van der Waals surface area contributed by atoms with Crippen molar-refractivity contribution in [1.29, 1.82) is 0 Å². The molecule has 0 aliphatic rings. The first-order chi connectivity index (χ1) is 10.2. The first-order valence-electron chi connectivity index (χ1n) is 7.25. The largest absolute Gasteiger partial charge is 0.680 e. The summed E-state index contributed by atoms with van der Waals surface area (Å²) >= 11 is 0. The van der Waals surface area contributed by atoms with Gasteiger partial charge in [0.1, 0.15) is 0 Å². The van der Waals surface area contributed by atoms with Gasteiger partial charge in [-0.25, -0.2) is 0 Å². The lowest BCUT2D eigenvalue weighted by Crippen LogP contribution is -2.49. The lowest BCUT2D eigenvalue weighted by atomic mass is 10.6. The Morgan fingerprint density at radius 3 is 0.952 bits per heavy atom. The Morgan fingerprint density at radius 2 is 0.762 bits per heavy atom. The summed E-state index contributed by atoms with van der Waals surface area (Å²) < 4.78 is 23.2. The van der Waals surface area contributed by atoms with E-state index in [4.69, 9.17) is 17.7 Å². The van der Waals surface area contributed by atoms with Crippen LogP contribution in [0.5, 0.6) is 0 Å². The molecule has 0 atom stereocenters. The third-order valence-electron chi connectivity index (χ3n) is 2.37. The zero-order valence-electron chi connectivity index (χ0n) is 13.6. The van der Waals surface area contributed by atoms with Crippen LogP contribution in [0.2, 0.25) is 0 Å². The van der Waals surface area contributed by atoms with Gasteiger partial charge in [-0.2, -0.15) is 0 Å². The minimum Gasteiger partial charge on any atom is -0.347 e. The Labute approximate surface area is 130 Å². The molecule has 0 aromatic heterocycles. The maximum atomic E-state index is 5.79. The molecule has 0 aliphatic heterocycles.